The maximum Gasteiger partial charge on any atom is 0.122 e. The predicted octanol–water partition coefficient (Wildman–Crippen LogP) is 4.13. The van der Waals surface area contributed by atoms with Gasteiger partial charge in [0.25, 0.3) is 0 Å². The maximum atomic E-state index is 5.67. The van der Waals surface area contributed by atoms with Crippen LogP contribution >= 0.6 is 11.6 Å². The Hall–Kier alpha value is -0.950. The molecule has 0 aliphatic carbocycles. The van der Waals surface area contributed by atoms with Gasteiger partial charge in [-0.15, -0.1) is 11.6 Å². The van der Waals surface area contributed by atoms with Crippen LogP contribution in [0.4, 0.5) is 0 Å². The molecule has 0 unspecified atom stereocenters. The van der Waals surface area contributed by atoms with Crippen molar-refractivity contribution in [2.75, 3.05) is 12.5 Å². The minimum atomic E-state index is 0.716. The predicted molar refractivity (Wildman–Crippen MR) is 73.1 cm³/mol. The van der Waals surface area contributed by atoms with Gasteiger partial charge in [-0.05, 0) is 43.4 Å². The fourth-order valence-electron chi connectivity index (χ4n) is 2.14. The lowest BCUT2D eigenvalue weighted by Gasteiger charge is -2.05. The molecule has 1 aliphatic rings. The minimum absolute atomic E-state index is 0.716. The molecule has 17 heavy (non-hydrogen) atoms. The highest BCUT2D eigenvalue weighted by Gasteiger charge is 2.11. The zero-order chi connectivity index (χ0) is 12.1. The van der Waals surface area contributed by atoms with E-state index in [9.17, 15) is 0 Å². The molecule has 2 heteroatoms. The number of aryl methyl sites for hydroxylation is 1. The molecule has 0 aromatic heterocycles. The molecule has 1 aromatic rings. The lowest BCUT2D eigenvalue weighted by atomic mass is 10.0. The topological polar surface area (TPSA) is 9.23 Å². The van der Waals surface area contributed by atoms with Gasteiger partial charge < -0.3 is 4.74 Å². The highest BCUT2D eigenvalue weighted by atomic mass is 35.5. The molecule has 0 fully saturated rings. The Morgan fingerprint density at radius 2 is 2.35 bits per heavy atom. The van der Waals surface area contributed by atoms with Gasteiger partial charge >= 0.3 is 0 Å². The van der Waals surface area contributed by atoms with Crippen molar-refractivity contribution in [2.24, 2.45) is 0 Å². The number of rotatable bonds is 5. The summed E-state index contributed by atoms with van der Waals surface area (Å²) in [4.78, 5) is 0. The maximum absolute atomic E-state index is 5.67. The van der Waals surface area contributed by atoms with Crippen LogP contribution < -0.4 is 4.74 Å². The molecule has 0 N–H and O–H groups in total. The molecule has 2 rings (SSSR count). The van der Waals surface area contributed by atoms with Crippen molar-refractivity contribution in [3.8, 4) is 5.75 Å². The summed E-state index contributed by atoms with van der Waals surface area (Å²) in [6.07, 6.45) is 6.51. The van der Waals surface area contributed by atoms with Crippen LogP contribution in [0.2, 0.25) is 0 Å². The fraction of sp³-hybridized carbons (Fsp3) is 0.467. The first-order valence-corrected chi connectivity index (χ1v) is 6.79. The normalized spacial score (nSPS) is 14.6. The minimum Gasteiger partial charge on any atom is -0.493 e. The lowest BCUT2D eigenvalue weighted by molar-refractivity contribution is 0.357. The van der Waals surface area contributed by atoms with Crippen molar-refractivity contribution < 1.29 is 4.74 Å². The second-order valence-corrected chi connectivity index (χ2v) is 4.95. The van der Waals surface area contributed by atoms with Crippen molar-refractivity contribution in [1.29, 1.82) is 0 Å². The van der Waals surface area contributed by atoms with Gasteiger partial charge in [0.2, 0.25) is 0 Å². The standard InChI is InChI=1S/C15H19ClO/c1-12(3-2-9-16)4-5-13-6-7-15-14(11-13)8-10-17-15/h3,6-7,11H,2,4-5,8-10H2,1H3. The smallest absolute Gasteiger partial charge is 0.122 e. The van der Waals surface area contributed by atoms with Crippen LogP contribution in [0.5, 0.6) is 5.75 Å². The molecule has 1 aliphatic heterocycles. The molecular weight excluding hydrogens is 232 g/mol. The Labute approximate surface area is 108 Å². The Morgan fingerprint density at radius 1 is 1.47 bits per heavy atom. The molecule has 1 nitrogen and oxygen atoms in total. The van der Waals surface area contributed by atoms with E-state index in [1.165, 1.54) is 16.7 Å². The first-order chi connectivity index (χ1) is 8.29. The Balaban J connectivity index is 1.91. The van der Waals surface area contributed by atoms with Gasteiger partial charge in [0.05, 0.1) is 6.61 Å². The molecule has 0 saturated heterocycles. The van der Waals surface area contributed by atoms with E-state index in [2.05, 4.69) is 31.2 Å². The summed E-state index contributed by atoms with van der Waals surface area (Å²) < 4.78 is 5.51. The van der Waals surface area contributed by atoms with Crippen LogP contribution in [0.15, 0.2) is 29.8 Å². The van der Waals surface area contributed by atoms with Gasteiger partial charge in [-0.2, -0.15) is 0 Å². The molecule has 0 radical (unpaired) electrons. The van der Waals surface area contributed by atoms with E-state index in [1.807, 2.05) is 0 Å². The number of ether oxygens (including phenoxy) is 1. The lowest BCUT2D eigenvalue weighted by Crippen LogP contribution is -1.89. The van der Waals surface area contributed by atoms with Crippen molar-refractivity contribution in [1.82, 2.24) is 0 Å². The average Bonchev–Trinajstić information content (AvgIpc) is 2.81. The second kappa shape index (κ2) is 6.11. The number of fused-ring (bicyclic) bond motifs is 1. The van der Waals surface area contributed by atoms with E-state index in [0.29, 0.717) is 5.88 Å². The number of hydrogen-bond acceptors (Lipinski definition) is 1. The highest BCUT2D eigenvalue weighted by molar-refractivity contribution is 6.17. The van der Waals surface area contributed by atoms with E-state index >= 15 is 0 Å². The monoisotopic (exact) mass is 250 g/mol. The molecule has 92 valence electrons. The number of alkyl halides is 1. The van der Waals surface area contributed by atoms with Crippen LogP contribution in [-0.2, 0) is 12.8 Å². The zero-order valence-corrected chi connectivity index (χ0v) is 11.1. The van der Waals surface area contributed by atoms with Gasteiger partial charge in [-0.1, -0.05) is 23.8 Å². The molecule has 0 saturated carbocycles. The van der Waals surface area contributed by atoms with E-state index in [4.69, 9.17) is 16.3 Å². The third-order valence-electron chi connectivity index (χ3n) is 3.16. The fourth-order valence-corrected chi connectivity index (χ4v) is 2.25. The number of benzene rings is 1. The van der Waals surface area contributed by atoms with E-state index in [0.717, 1.165) is 38.0 Å². The Bertz CT molecular complexity index is 409. The zero-order valence-electron chi connectivity index (χ0n) is 10.3. The molecule has 0 spiro atoms. The van der Waals surface area contributed by atoms with Crippen LogP contribution in [0.25, 0.3) is 0 Å². The van der Waals surface area contributed by atoms with Crippen LogP contribution in [0, 0.1) is 0 Å². The highest BCUT2D eigenvalue weighted by Crippen LogP contribution is 2.26. The van der Waals surface area contributed by atoms with Crippen molar-refractivity contribution in [3.05, 3.63) is 41.0 Å². The van der Waals surface area contributed by atoms with Gasteiger partial charge in [-0.3, -0.25) is 0 Å². The molecule has 1 aromatic carbocycles. The number of hydrogen-bond donors (Lipinski definition) is 0. The third kappa shape index (κ3) is 3.50. The summed E-state index contributed by atoms with van der Waals surface area (Å²) in [5, 5.41) is 0. The van der Waals surface area contributed by atoms with E-state index < -0.39 is 0 Å². The first-order valence-electron chi connectivity index (χ1n) is 6.26. The molecule has 0 atom stereocenters. The first kappa shape index (κ1) is 12.5. The quantitative estimate of drug-likeness (QED) is 0.564. The molecule has 0 amide bonds. The van der Waals surface area contributed by atoms with Crippen LogP contribution in [-0.4, -0.2) is 12.5 Å². The Kier molecular flexibility index (Phi) is 4.49. The molecule has 0 bridgehead atoms. The van der Waals surface area contributed by atoms with Crippen LogP contribution in [0.1, 0.15) is 30.9 Å². The Morgan fingerprint density at radius 3 is 3.18 bits per heavy atom. The number of halogens is 1. The summed E-state index contributed by atoms with van der Waals surface area (Å²) in [7, 11) is 0. The average molecular weight is 251 g/mol. The van der Waals surface area contributed by atoms with Crippen molar-refractivity contribution >= 4 is 11.6 Å². The van der Waals surface area contributed by atoms with Crippen molar-refractivity contribution in [2.45, 2.75) is 32.6 Å². The summed E-state index contributed by atoms with van der Waals surface area (Å²) in [6, 6.07) is 6.58. The van der Waals surface area contributed by atoms with Crippen molar-refractivity contribution in [3.63, 3.8) is 0 Å². The molecular formula is C15H19ClO. The van der Waals surface area contributed by atoms with Gasteiger partial charge in [0.1, 0.15) is 5.75 Å². The molecule has 1 heterocycles. The summed E-state index contributed by atoms with van der Waals surface area (Å²) in [5.41, 5.74) is 4.21. The SMILES string of the molecule is CC(=CCCCl)CCc1ccc2c(c1)CCO2. The van der Waals surface area contributed by atoms with Gasteiger partial charge in [0.15, 0.2) is 0 Å². The van der Waals surface area contributed by atoms with Gasteiger partial charge in [-0.25, -0.2) is 0 Å². The van der Waals surface area contributed by atoms with E-state index in [1.54, 1.807) is 0 Å². The van der Waals surface area contributed by atoms with E-state index in [-0.39, 0.29) is 0 Å². The second-order valence-electron chi connectivity index (χ2n) is 4.57. The summed E-state index contributed by atoms with van der Waals surface area (Å²) in [6.45, 7) is 3.02. The summed E-state index contributed by atoms with van der Waals surface area (Å²) >= 11 is 5.67. The van der Waals surface area contributed by atoms with Gasteiger partial charge in [0, 0.05) is 12.3 Å². The van der Waals surface area contributed by atoms with Crippen LogP contribution in [0.3, 0.4) is 0 Å². The largest absolute Gasteiger partial charge is 0.493 e. The summed E-state index contributed by atoms with van der Waals surface area (Å²) in [5.74, 6) is 1.79. The number of allylic oxidation sites excluding steroid dienone is 2. The third-order valence-corrected chi connectivity index (χ3v) is 3.38.